The number of carbonyl (C=O) groups excluding carboxylic acids is 2. The van der Waals surface area contributed by atoms with Crippen LogP contribution in [0.2, 0.25) is 0 Å². The standard InChI is InChI=1S/C21H33NO3/c1-5-25-21(24)14-16-22(15-13-17(2)3)20(23)8-6-7-19-11-9-18(4)10-12-19/h9-12,17H,5-8,13-16H2,1-4H3. The first kappa shape index (κ1) is 21.2. The van der Waals surface area contributed by atoms with E-state index in [9.17, 15) is 9.59 Å². The van der Waals surface area contributed by atoms with E-state index in [1.165, 1.54) is 11.1 Å². The van der Waals surface area contributed by atoms with Gasteiger partial charge in [0.2, 0.25) is 5.91 Å². The summed E-state index contributed by atoms with van der Waals surface area (Å²) >= 11 is 0. The largest absolute Gasteiger partial charge is 0.466 e. The number of esters is 1. The number of rotatable bonds is 11. The van der Waals surface area contributed by atoms with E-state index in [4.69, 9.17) is 4.74 Å². The van der Waals surface area contributed by atoms with Crippen LogP contribution < -0.4 is 0 Å². The van der Waals surface area contributed by atoms with Crippen molar-refractivity contribution in [3.05, 3.63) is 35.4 Å². The molecule has 0 aromatic heterocycles. The van der Waals surface area contributed by atoms with E-state index in [0.717, 1.165) is 19.3 Å². The Balaban J connectivity index is 2.46. The van der Waals surface area contributed by atoms with Gasteiger partial charge in [0.25, 0.3) is 0 Å². The lowest BCUT2D eigenvalue weighted by atomic mass is 10.1. The van der Waals surface area contributed by atoms with Crippen LogP contribution in [-0.2, 0) is 20.7 Å². The van der Waals surface area contributed by atoms with Crippen LogP contribution in [0.1, 0.15) is 57.6 Å². The molecule has 0 fully saturated rings. The Labute approximate surface area is 152 Å². The zero-order chi connectivity index (χ0) is 18.7. The summed E-state index contributed by atoms with van der Waals surface area (Å²) in [6, 6.07) is 8.45. The van der Waals surface area contributed by atoms with Crippen molar-refractivity contribution in [1.29, 1.82) is 0 Å². The summed E-state index contributed by atoms with van der Waals surface area (Å²) in [6.45, 7) is 9.70. The van der Waals surface area contributed by atoms with E-state index in [1.807, 2.05) is 4.90 Å². The Morgan fingerprint density at radius 3 is 2.36 bits per heavy atom. The first-order valence-electron chi connectivity index (χ1n) is 9.41. The smallest absolute Gasteiger partial charge is 0.307 e. The number of benzene rings is 1. The molecule has 140 valence electrons. The molecule has 4 heteroatoms. The predicted molar refractivity (Wildman–Crippen MR) is 101 cm³/mol. The lowest BCUT2D eigenvalue weighted by Gasteiger charge is -2.23. The third kappa shape index (κ3) is 9.28. The van der Waals surface area contributed by atoms with Crippen LogP contribution in [0.25, 0.3) is 0 Å². The minimum Gasteiger partial charge on any atom is -0.466 e. The number of amides is 1. The molecule has 1 aromatic rings. The van der Waals surface area contributed by atoms with Crippen LogP contribution in [0.5, 0.6) is 0 Å². The quantitative estimate of drug-likeness (QED) is 0.565. The Bertz CT molecular complexity index is 522. The van der Waals surface area contributed by atoms with Gasteiger partial charge in [-0.25, -0.2) is 0 Å². The minimum absolute atomic E-state index is 0.136. The van der Waals surface area contributed by atoms with E-state index in [0.29, 0.717) is 32.0 Å². The maximum Gasteiger partial charge on any atom is 0.307 e. The number of hydrogen-bond acceptors (Lipinski definition) is 3. The summed E-state index contributed by atoms with van der Waals surface area (Å²) < 4.78 is 4.97. The van der Waals surface area contributed by atoms with Crippen molar-refractivity contribution in [2.75, 3.05) is 19.7 Å². The second-order valence-corrected chi connectivity index (χ2v) is 6.96. The Hall–Kier alpha value is -1.84. The van der Waals surface area contributed by atoms with Gasteiger partial charge in [-0.1, -0.05) is 43.7 Å². The summed E-state index contributed by atoms with van der Waals surface area (Å²) in [7, 11) is 0. The SMILES string of the molecule is CCOC(=O)CCN(CCC(C)C)C(=O)CCCc1ccc(C)cc1. The van der Waals surface area contributed by atoms with Crippen LogP contribution >= 0.6 is 0 Å². The molecule has 0 aliphatic heterocycles. The normalized spacial score (nSPS) is 10.8. The van der Waals surface area contributed by atoms with Crippen LogP contribution in [0.4, 0.5) is 0 Å². The van der Waals surface area contributed by atoms with Crippen molar-refractivity contribution in [3.63, 3.8) is 0 Å². The number of ether oxygens (including phenoxy) is 1. The highest BCUT2D eigenvalue weighted by Gasteiger charge is 2.15. The zero-order valence-corrected chi connectivity index (χ0v) is 16.2. The highest BCUT2D eigenvalue weighted by molar-refractivity contribution is 5.77. The maximum absolute atomic E-state index is 12.5. The van der Waals surface area contributed by atoms with Crippen molar-refractivity contribution in [2.24, 2.45) is 5.92 Å². The second kappa shape index (κ2) is 11.7. The second-order valence-electron chi connectivity index (χ2n) is 6.96. The van der Waals surface area contributed by atoms with Gasteiger partial charge in [0.15, 0.2) is 0 Å². The Kier molecular flexibility index (Phi) is 9.90. The molecule has 4 nitrogen and oxygen atoms in total. The van der Waals surface area contributed by atoms with Gasteiger partial charge in [0.05, 0.1) is 13.0 Å². The fourth-order valence-electron chi connectivity index (χ4n) is 2.59. The van der Waals surface area contributed by atoms with Crippen molar-refractivity contribution >= 4 is 11.9 Å². The number of nitrogens with zero attached hydrogens (tertiary/aromatic N) is 1. The molecule has 0 heterocycles. The van der Waals surface area contributed by atoms with Crippen molar-refractivity contribution in [2.45, 2.75) is 59.8 Å². The molecule has 0 spiro atoms. The summed E-state index contributed by atoms with van der Waals surface area (Å²) in [6.07, 6.45) is 3.48. The van der Waals surface area contributed by atoms with Crippen LogP contribution in [-0.4, -0.2) is 36.5 Å². The number of carbonyl (C=O) groups is 2. The molecule has 0 N–H and O–H groups in total. The molecule has 25 heavy (non-hydrogen) atoms. The molecular formula is C21H33NO3. The van der Waals surface area contributed by atoms with Crippen molar-refractivity contribution < 1.29 is 14.3 Å². The molecule has 1 amide bonds. The molecular weight excluding hydrogens is 314 g/mol. The van der Waals surface area contributed by atoms with Crippen molar-refractivity contribution in [3.8, 4) is 0 Å². The summed E-state index contributed by atoms with van der Waals surface area (Å²) in [5.41, 5.74) is 2.51. The molecule has 1 aromatic carbocycles. The molecule has 0 bridgehead atoms. The highest BCUT2D eigenvalue weighted by Crippen LogP contribution is 2.10. The Morgan fingerprint density at radius 2 is 1.76 bits per heavy atom. The summed E-state index contributed by atoms with van der Waals surface area (Å²) in [5.74, 6) is 0.437. The summed E-state index contributed by atoms with van der Waals surface area (Å²) in [4.78, 5) is 25.9. The number of aryl methyl sites for hydroxylation is 2. The molecule has 0 radical (unpaired) electrons. The Morgan fingerprint density at radius 1 is 1.08 bits per heavy atom. The lowest BCUT2D eigenvalue weighted by molar-refractivity contribution is -0.144. The molecule has 1 rings (SSSR count). The first-order valence-corrected chi connectivity index (χ1v) is 9.41. The van der Waals surface area contributed by atoms with E-state index < -0.39 is 0 Å². The molecule has 0 atom stereocenters. The maximum atomic E-state index is 12.5. The zero-order valence-electron chi connectivity index (χ0n) is 16.2. The number of hydrogen-bond donors (Lipinski definition) is 0. The molecule has 0 unspecified atom stereocenters. The van der Waals surface area contributed by atoms with Crippen LogP contribution in [0, 0.1) is 12.8 Å². The van der Waals surface area contributed by atoms with Gasteiger partial charge in [-0.2, -0.15) is 0 Å². The monoisotopic (exact) mass is 347 g/mol. The fourth-order valence-corrected chi connectivity index (χ4v) is 2.59. The van der Waals surface area contributed by atoms with Crippen LogP contribution in [0.3, 0.4) is 0 Å². The van der Waals surface area contributed by atoms with Gasteiger partial charge >= 0.3 is 5.97 Å². The van der Waals surface area contributed by atoms with Crippen molar-refractivity contribution in [1.82, 2.24) is 4.90 Å². The molecule has 0 saturated carbocycles. The molecule has 0 aliphatic carbocycles. The third-order valence-corrected chi connectivity index (χ3v) is 4.20. The van der Waals surface area contributed by atoms with Gasteiger partial charge in [-0.05, 0) is 44.6 Å². The lowest BCUT2D eigenvalue weighted by Crippen LogP contribution is -2.34. The van der Waals surface area contributed by atoms with E-state index in [1.54, 1.807) is 6.92 Å². The van der Waals surface area contributed by atoms with Gasteiger partial charge < -0.3 is 9.64 Å². The highest BCUT2D eigenvalue weighted by atomic mass is 16.5. The van der Waals surface area contributed by atoms with Gasteiger partial charge in [-0.15, -0.1) is 0 Å². The molecule has 0 saturated heterocycles. The third-order valence-electron chi connectivity index (χ3n) is 4.20. The average molecular weight is 347 g/mol. The van der Waals surface area contributed by atoms with Gasteiger partial charge in [-0.3, -0.25) is 9.59 Å². The van der Waals surface area contributed by atoms with Gasteiger partial charge in [0.1, 0.15) is 0 Å². The molecule has 0 aliphatic rings. The van der Waals surface area contributed by atoms with Crippen LogP contribution in [0.15, 0.2) is 24.3 Å². The summed E-state index contributed by atoms with van der Waals surface area (Å²) in [5, 5.41) is 0. The van der Waals surface area contributed by atoms with Gasteiger partial charge in [0, 0.05) is 19.5 Å². The fraction of sp³-hybridized carbons (Fsp3) is 0.619. The van der Waals surface area contributed by atoms with E-state index >= 15 is 0 Å². The average Bonchev–Trinajstić information content (AvgIpc) is 2.56. The minimum atomic E-state index is -0.232. The first-order chi connectivity index (χ1) is 11.9. The van der Waals surface area contributed by atoms with E-state index in [2.05, 4.69) is 45.0 Å². The van der Waals surface area contributed by atoms with E-state index in [-0.39, 0.29) is 18.3 Å². The predicted octanol–water partition coefficient (Wildman–Crippen LogP) is 4.15. The topological polar surface area (TPSA) is 46.6 Å².